The number of benzene rings is 1. The molecule has 1 N–H and O–H groups in total. The van der Waals surface area contributed by atoms with Crippen molar-refractivity contribution in [2.24, 2.45) is 0 Å². The van der Waals surface area contributed by atoms with Gasteiger partial charge in [-0.05, 0) is 18.2 Å². The van der Waals surface area contributed by atoms with Gasteiger partial charge in [0.25, 0.3) is 5.56 Å². The molecule has 17 heavy (non-hydrogen) atoms. The molecule has 6 nitrogen and oxygen atoms in total. The lowest BCUT2D eigenvalue weighted by atomic mass is 10.2. The molecule has 0 unspecified atom stereocenters. The van der Waals surface area contributed by atoms with Gasteiger partial charge in [0, 0.05) is 18.8 Å². The van der Waals surface area contributed by atoms with Crippen LogP contribution in [0.1, 0.15) is 0 Å². The number of ether oxygens (including phenoxy) is 1. The number of hydrogen-bond acceptors (Lipinski definition) is 5. The molecule has 1 fully saturated rings. The number of morpholine rings is 1. The standard InChI is InChI=1S/C11H12N4O2/c16-11-9-2-1-8(7-10(9)12-14-13-11)15-3-5-17-6-4-15/h1-2,7H,3-6H2,(H,12,13,16). The summed E-state index contributed by atoms with van der Waals surface area (Å²) in [6, 6.07) is 5.61. The van der Waals surface area contributed by atoms with E-state index in [1.54, 1.807) is 6.07 Å². The van der Waals surface area contributed by atoms with Crippen LogP contribution in [0.4, 0.5) is 5.69 Å². The summed E-state index contributed by atoms with van der Waals surface area (Å²) in [6.07, 6.45) is 0. The van der Waals surface area contributed by atoms with Crippen LogP contribution in [-0.2, 0) is 4.74 Å². The molecule has 1 aliphatic rings. The lowest BCUT2D eigenvalue weighted by Gasteiger charge is -2.28. The van der Waals surface area contributed by atoms with Crippen molar-refractivity contribution in [1.29, 1.82) is 0 Å². The minimum atomic E-state index is -0.205. The van der Waals surface area contributed by atoms with Gasteiger partial charge >= 0.3 is 0 Å². The quantitative estimate of drug-likeness (QED) is 0.758. The molecule has 3 rings (SSSR count). The molecular formula is C11H12N4O2. The number of anilines is 1. The fourth-order valence-electron chi connectivity index (χ4n) is 2.00. The van der Waals surface area contributed by atoms with Crippen LogP contribution in [0.15, 0.2) is 23.0 Å². The van der Waals surface area contributed by atoms with Crippen LogP contribution in [0.25, 0.3) is 10.9 Å². The van der Waals surface area contributed by atoms with E-state index in [4.69, 9.17) is 4.74 Å². The fourth-order valence-corrected chi connectivity index (χ4v) is 2.00. The van der Waals surface area contributed by atoms with Crippen molar-refractivity contribution in [2.75, 3.05) is 31.2 Å². The molecule has 0 radical (unpaired) electrons. The SMILES string of the molecule is O=c1[nH]nnc2cc(N3CCOCC3)ccc12. The minimum absolute atomic E-state index is 0.205. The molecule has 6 heteroatoms. The Morgan fingerprint density at radius 2 is 2.12 bits per heavy atom. The second-order valence-electron chi connectivity index (χ2n) is 3.94. The minimum Gasteiger partial charge on any atom is -0.378 e. The third kappa shape index (κ3) is 1.87. The van der Waals surface area contributed by atoms with E-state index in [0.29, 0.717) is 10.9 Å². The van der Waals surface area contributed by atoms with Crippen LogP contribution in [0.5, 0.6) is 0 Å². The van der Waals surface area contributed by atoms with Gasteiger partial charge in [0.05, 0.1) is 18.6 Å². The van der Waals surface area contributed by atoms with Crippen molar-refractivity contribution in [3.8, 4) is 0 Å². The van der Waals surface area contributed by atoms with Gasteiger partial charge in [0.1, 0.15) is 5.52 Å². The summed E-state index contributed by atoms with van der Waals surface area (Å²) in [6.45, 7) is 3.20. The lowest BCUT2D eigenvalue weighted by molar-refractivity contribution is 0.122. The van der Waals surface area contributed by atoms with Gasteiger partial charge in [-0.1, -0.05) is 5.21 Å². The Hall–Kier alpha value is -1.95. The number of aromatic nitrogens is 3. The molecule has 88 valence electrons. The van der Waals surface area contributed by atoms with E-state index in [-0.39, 0.29) is 5.56 Å². The average Bonchev–Trinajstić information content (AvgIpc) is 2.40. The Morgan fingerprint density at radius 3 is 2.94 bits per heavy atom. The molecule has 0 atom stereocenters. The molecule has 0 spiro atoms. The molecule has 1 aromatic carbocycles. The normalized spacial score (nSPS) is 16.4. The first-order valence-corrected chi connectivity index (χ1v) is 5.52. The summed E-state index contributed by atoms with van der Waals surface area (Å²) in [5, 5.41) is 10.4. The first kappa shape index (κ1) is 10.2. The topological polar surface area (TPSA) is 71.1 Å². The van der Waals surface area contributed by atoms with Crippen molar-refractivity contribution in [3.05, 3.63) is 28.6 Å². The zero-order valence-electron chi connectivity index (χ0n) is 9.22. The van der Waals surface area contributed by atoms with Crippen molar-refractivity contribution in [1.82, 2.24) is 15.4 Å². The summed E-state index contributed by atoms with van der Waals surface area (Å²) in [5.74, 6) is 0. The van der Waals surface area contributed by atoms with Crippen molar-refractivity contribution in [3.63, 3.8) is 0 Å². The van der Waals surface area contributed by atoms with E-state index in [1.807, 2.05) is 12.1 Å². The molecule has 2 aromatic rings. The highest BCUT2D eigenvalue weighted by Crippen LogP contribution is 2.19. The van der Waals surface area contributed by atoms with Gasteiger partial charge < -0.3 is 9.64 Å². The Bertz CT molecular complexity index is 589. The highest BCUT2D eigenvalue weighted by molar-refractivity contribution is 5.80. The zero-order chi connectivity index (χ0) is 11.7. The number of H-pyrrole nitrogens is 1. The monoisotopic (exact) mass is 232 g/mol. The highest BCUT2D eigenvalue weighted by atomic mass is 16.5. The maximum Gasteiger partial charge on any atom is 0.275 e. The van der Waals surface area contributed by atoms with E-state index in [1.165, 1.54) is 0 Å². The molecule has 1 saturated heterocycles. The van der Waals surface area contributed by atoms with E-state index in [9.17, 15) is 4.79 Å². The Labute approximate surface area is 97.2 Å². The van der Waals surface area contributed by atoms with Crippen LogP contribution in [0.3, 0.4) is 0 Å². The van der Waals surface area contributed by atoms with Gasteiger partial charge in [0.2, 0.25) is 0 Å². The number of nitrogens with one attached hydrogen (secondary N) is 1. The van der Waals surface area contributed by atoms with Crippen molar-refractivity contribution in [2.45, 2.75) is 0 Å². The number of nitrogens with zero attached hydrogens (tertiary/aromatic N) is 3. The summed E-state index contributed by atoms with van der Waals surface area (Å²) >= 11 is 0. The maximum atomic E-state index is 11.5. The zero-order valence-corrected chi connectivity index (χ0v) is 9.22. The van der Waals surface area contributed by atoms with Crippen LogP contribution in [0.2, 0.25) is 0 Å². The predicted octanol–water partition coefficient (Wildman–Crippen LogP) is 0.155. The summed E-state index contributed by atoms with van der Waals surface area (Å²) in [4.78, 5) is 13.7. The molecule has 0 amide bonds. The van der Waals surface area contributed by atoms with E-state index in [0.717, 1.165) is 32.0 Å². The average molecular weight is 232 g/mol. The molecule has 2 heterocycles. The van der Waals surface area contributed by atoms with Gasteiger partial charge in [-0.3, -0.25) is 4.79 Å². The summed E-state index contributed by atoms with van der Waals surface area (Å²) in [7, 11) is 0. The third-order valence-electron chi connectivity index (χ3n) is 2.91. The molecule has 0 bridgehead atoms. The Morgan fingerprint density at radius 1 is 1.29 bits per heavy atom. The van der Waals surface area contributed by atoms with Crippen molar-refractivity contribution < 1.29 is 4.74 Å². The van der Waals surface area contributed by atoms with E-state index < -0.39 is 0 Å². The van der Waals surface area contributed by atoms with Gasteiger partial charge in [-0.2, -0.15) is 0 Å². The summed E-state index contributed by atoms with van der Waals surface area (Å²) < 4.78 is 5.30. The van der Waals surface area contributed by atoms with E-state index >= 15 is 0 Å². The largest absolute Gasteiger partial charge is 0.378 e. The predicted molar refractivity (Wildman–Crippen MR) is 63.2 cm³/mol. The number of rotatable bonds is 1. The first-order chi connectivity index (χ1) is 8.34. The third-order valence-corrected chi connectivity index (χ3v) is 2.91. The maximum absolute atomic E-state index is 11.5. The highest BCUT2D eigenvalue weighted by Gasteiger charge is 2.12. The molecule has 0 aliphatic carbocycles. The lowest BCUT2D eigenvalue weighted by Crippen LogP contribution is -2.36. The van der Waals surface area contributed by atoms with E-state index in [2.05, 4.69) is 20.3 Å². The Kier molecular flexibility index (Phi) is 2.49. The van der Waals surface area contributed by atoms with Gasteiger partial charge in [-0.25, -0.2) is 5.10 Å². The number of fused-ring (bicyclic) bond motifs is 1. The molecule has 1 aromatic heterocycles. The van der Waals surface area contributed by atoms with Crippen molar-refractivity contribution >= 4 is 16.6 Å². The molecule has 0 saturated carbocycles. The number of aromatic amines is 1. The van der Waals surface area contributed by atoms with Crippen LogP contribution in [-0.4, -0.2) is 41.7 Å². The number of hydrogen-bond donors (Lipinski definition) is 1. The van der Waals surface area contributed by atoms with Gasteiger partial charge in [-0.15, -0.1) is 5.10 Å². The smallest absolute Gasteiger partial charge is 0.275 e. The Balaban J connectivity index is 2.04. The second-order valence-corrected chi connectivity index (χ2v) is 3.94. The molecule has 1 aliphatic heterocycles. The fraction of sp³-hybridized carbons (Fsp3) is 0.364. The van der Waals surface area contributed by atoms with Crippen LogP contribution >= 0.6 is 0 Å². The summed E-state index contributed by atoms with van der Waals surface area (Å²) in [5.41, 5.74) is 1.47. The van der Waals surface area contributed by atoms with Gasteiger partial charge in [0.15, 0.2) is 0 Å². The first-order valence-electron chi connectivity index (χ1n) is 5.52. The van der Waals surface area contributed by atoms with Crippen LogP contribution in [0, 0.1) is 0 Å². The van der Waals surface area contributed by atoms with Crippen LogP contribution < -0.4 is 10.5 Å². The second kappa shape index (κ2) is 4.14. The molecular weight excluding hydrogens is 220 g/mol.